The fraction of sp³-hybridized carbons (Fsp3) is 0.500. The summed E-state index contributed by atoms with van der Waals surface area (Å²) in [7, 11) is 0. The molecule has 4 heteroatoms. The molecule has 0 aliphatic heterocycles. The van der Waals surface area contributed by atoms with E-state index < -0.39 is 0 Å². The number of nitrogens with one attached hydrogen (secondary N) is 1. The van der Waals surface area contributed by atoms with Crippen LogP contribution in [0, 0.1) is 0 Å². The first-order valence-electron chi connectivity index (χ1n) is 5.56. The van der Waals surface area contributed by atoms with Gasteiger partial charge in [-0.15, -0.1) is 0 Å². The lowest BCUT2D eigenvalue weighted by molar-refractivity contribution is 0.309. The zero-order valence-corrected chi connectivity index (χ0v) is 9.82. The first-order valence-corrected chi connectivity index (χ1v) is 5.56. The summed E-state index contributed by atoms with van der Waals surface area (Å²) in [5.41, 5.74) is 0.849. The quantitative estimate of drug-likeness (QED) is 0.744. The van der Waals surface area contributed by atoms with Crippen LogP contribution in [0.4, 0.5) is 5.69 Å². The topological polar surface area (TPSA) is 50.7 Å². The Hall–Kier alpha value is -1.42. The molecular formula is C12H19NO3. The van der Waals surface area contributed by atoms with Crippen molar-refractivity contribution < 1.29 is 14.6 Å². The van der Waals surface area contributed by atoms with Crippen LogP contribution in [0.1, 0.15) is 13.8 Å². The highest BCUT2D eigenvalue weighted by atomic mass is 16.5. The summed E-state index contributed by atoms with van der Waals surface area (Å²) >= 11 is 0. The highest BCUT2D eigenvalue weighted by Gasteiger charge is 2.04. The van der Waals surface area contributed by atoms with Gasteiger partial charge in [-0.2, -0.15) is 0 Å². The zero-order valence-electron chi connectivity index (χ0n) is 9.82. The van der Waals surface area contributed by atoms with E-state index in [0.29, 0.717) is 19.8 Å². The molecule has 0 fully saturated rings. The van der Waals surface area contributed by atoms with E-state index >= 15 is 0 Å². The van der Waals surface area contributed by atoms with Gasteiger partial charge in [0.2, 0.25) is 0 Å². The Balaban J connectivity index is 2.82. The van der Waals surface area contributed by atoms with E-state index in [1.807, 2.05) is 32.0 Å². The van der Waals surface area contributed by atoms with Crippen LogP contribution in [0.25, 0.3) is 0 Å². The molecule has 0 atom stereocenters. The van der Waals surface area contributed by atoms with Crippen molar-refractivity contribution in [1.82, 2.24) is 0 Å². The van der Waals surface area contributed by atoms with Crippen molar-refractivity contribution in [2.45, 2.75) is 13.8 Å². The number of anilines is 1. The number of rotatable bonds is 7. The molecular weight excluding hydrogens is 206 g/mol. The second-order valence-electron chi connectivity index (χ2n) is 3.17. The van der Waals surface area contributed by atoms with Gasteiger partial charge in [0.1, 0.15) is 11.5 Å². The number of aliphatic hydroxyl groups excluding tert-OH is 1. The molecule has 0 aliphatic rings. The third-order valence-corrected chi connectivity index (χ3v) is 1.99. The van der Waals surface area contributed by atoms with Crippen LogP contribution in [-0.4, -0.2) is 31.5 Å². The summed E-state index contributed by atoms with van der Waals surface area (Å²) in [4.78, 5) is 0. The fourth-order valence-corrected chi connectivity index (χ4v) is 1.38. The van der Waals surface area contributed by atoms with Gasteiger partial charge in [0, 0.05) is 12.6 Å². The SMILES string of the molecule is CCOc1ccc(OCC)c(NCCO)c1. The minimum Gasteiger partial charge on any atom is -0.494 e. The molecule has 1 rings (SSSR count). The molecule has 0 heterocycles. The van der Waals surface area contributed by atoms with Crippen LogP contribution >= 0.6 is 0 Å². The number of aliphatic hydroxyl groups is 1. The highest BCUT2D eigenvalue weighted by Crippen LogP contribution is 2.29. The van der Waals surface area contributed by atoms with E-state index in [1.54, 1.807) is 0 Å². The summed E-state index contributed by atoms with van der Waals surface area (Å²) in [5.74, 6) is 1.57. The molecule has 90 valence electrons. The van der Waals surface area contributed by atoms with Gasteiger partial charge in [0.05, 0.1) is 25.5 Å². The van der Waals surface area contributed by atoms with E-state index in [4.69, 9.17) is 14.6 Å². The minimum atomic E-state index is 0.0877. The lowest BCUT2D eigenvalue weighted by Gasteiger charge is -2.13. The van der Waals surface area contributed by atoms with Crippen molar-refractivity contribution in [1.29, 1.82) is 0 Å². The lowest BCUT2D eigenvalue weighted by atomic mass is 10.2. The molecule has 1 aromatic carbocycles. The molecule has 0 amide bonds. The Morgan fingerprint density at radius 2 is 1.94 bits per heavy atom. The Labute approximate surface area is 96.2 Å². The van der Waals surface area contributed by atoms with Crippen molar-refractivity contribution in [2.75, 3.05) is 31.7 Å². The molecule has 0 aromatic heterocycles. The molecule has 16 heavy (non-hydrogen) atoms. The summed E-state index contributed by atoms with van der Waals surface area (Å²) in [6.45, 7) is 5.71. The van der Waals surface area contributed by atoms with Crippen LogP contribution in [0.15, 0.2) is 18.2 Å². The molecule has 0 unspecified atom stereocenters. The van der Waals surface area contributed by atoms with Crippen molar-refractivity contribution >= 4 is 5.69 Å². The van der Waals surface area contributed by atoms with E-state index in [1.165, 1.54) is 0 Å². The Morgan fingerprint density at radius 1 is 1.19 bits per heavy atom. The third-order valence-electron chi connectivity index (χ3n) is 1.99. The Kier molecular flexibility index (Phi) is 5.50. The molecule has 4 nitrogen and oxygen atoms in total. The summed E-state index contributed by atoms with van der Waals surface area (Å²) < 4.78 is 10.9. The van der Waals surface area contributed by atoms with Gasteiger partial charge in [-0.25, -0.2) is 0 Å². The van der Waals surface area contributed by atoms with Gasteiger partial charge in [0.15, 0.2) is 0 Å². The largest absolute Gasteiger partial charge is 0.494 e. The maximum absolute atomic E-state index is 8.79. The number of ether oxygens (including phenoxy) is 2. The van der Waals surface area contributed by atoms with E-state index in [-0.39, 0.29) is 6.61 Å². The van der Waals surface area contributed by atoms with Crippen LogP contribution in [-0.2, 0) is 0 Å². The molecule has 0 aliphatic carbocycles. The van der Waals surface area contributed by atoms with Gasteiger partial charge < -0.3 is 19.9 Å². The van der Waals surface area contributed by atoms with Crippen molar-refractivity contribution in [2.24, 2.45) is 0 Å². The summed E-state index contributed by atoms with van der Waals surface area (Å²) in [6, 6.07) is 5.62. The second-order valence-corrected chi connectivity index (χ2v) is 3.17. The minimum absolute atomic E-state index is 0.0877. The fourth-order valence-electron chi connectivity index (χ4n) is 1.38. The van der Waals surface area contributed by atoms with Gasteiger partial charge in [-0.05, 0) is 26.0 Å². The predicted molar refractivity (Wildman–Crippen MR) is 64.4 cm³/mol. The molecule has 0 radical (unpaired) electrons. The molecule has 0 bridgehead atoms. The van der Waals surface area contributed by atoms with Gasteiger partial charge in [-0.1, -0.05) is 0 Å². The third kappa shape index (κ3) is 3.62. The second kappa shape index (κ2) is 6.95. The van der Waals surface area contributed by atoms with E-state index in [2.05, 4.69) is 5.32 Å². The molecule has 2 N–H and O–H groups in total. The first-order chi connectivity index (χ1) is 7.81. The van der Waals surface area contributed by atoms with E-state index in [0.717, 1.165) is 17.2 Å². The first kappa shape index (κ1) is 12.6. The van der Waals surface area contributed by atoms with Crippen molar-refractivity contribution in [3.63, 3.8) is 0 Å². The van der Waals surface area contributed by atoms with Crippen LogP contribution in [0.5, 0.6) is 11.5 Å². The number of benzene rings is 1. The number of hydrogen-bond donors (Lipinski definition) is 2. The summed E-state index contributed by atoms with van der Waals surface area (Å²) in [6.07, 6.45) is 0. The summed E-state index contributed by atoms with van der Waals surface area (Å²) in [5, 5.41) is 11.9. The van der Waals surface area contributed by atoms with Crippen molar-refractivity contribution in [3.8, 4) is 11.5 Å². The Bertz CT molecular complexity index is 315. The normalized spacial score (nSPS) is 9.94. The molecule has 0 spiro atoms. The smallest absolute Gasteiger partial charge is 0.142 e. The maximum atomic E-state index is 8.79. The molecule has 1 aromatic rings. The lowest BCUT2D eigenvalue weighted by Crippen LogP contribution is -2.07. The molecule has 0 saturated heterocycles. The zero-order chi connectivity index (χ0) is 11.8. The van der Waals surface area contributed by atoms with E-state index in [9.17, 15) is 0 Å². The average Bonchev–Trinajstić information content (AvgIpc) is 2.30. The van der Waals surface area contributed by atoms with Crippen LogP contribution in [0.2, 0.25) is 0 Å². The molecule has 0 saturated carbocycles. The maximum Gasteiger partial charge on any atom is 0.142 e. The van der Waals surface area contributed by atoms with Gasteiger partial charge in [-0.3, -0.25) is 0 Å². The monoisotopic (exact) mass is 225 g/mol. The van der Waals surface area contributed by atoms with Gasteiger partial charge >= 0.3 is 0 Å². The van der Waals surface area contributed by atoms with Crippen LogP contribution in [0.3, 0.4) is 0 Å². The van der Waals surface area contributed by atoms with Crippen molar-refractivity contribution in [3.05, 3.63) is 18.2 Å². The van der Waals surface area contributed by atoms with Crippen LogP contribution < -0.4 is 14.8 Å². The average molecular weight is 225 g/mol. The van der Waals surface area contributed by atoms with Gasteiger partial charge in [0.25, 0.3) is 0 Å². The highest BCUT2D eigenvalue weighted by molar-refractivity contribution is 5.59. The Morgan fingerprint density at radius 3 is 2.56 bits per heavy atom. The standard InChI is InChI=1S/C12H19NO3/c1-3-15-10-5-6-12(16-4-2)11(9-10)13-7-8-14/h5-6,9,13-14H,3-4,7-8H2,1-2H3. The predicted octanol–water partition coefficient (Wildman–Crippen LogP) is 1.89. The number of hydrogen-bond acceptors (Lipinski definition) is 4.